The summed E-state index contributed by atoms with van der Waals surface area (Å²) >= 11 is 0. The summed E-state index contributed by atoms with van der Waals surface area (Å²) in [6, 6.07) is 0.268. The van der Waals surface area contributed by atoms with Gasteiger partial charge in [-0.15, -0.1) is 5.10 Å². The molecule has 1 unspecified atom stereocenters. The van der Waals surface area contributed by atoms with Gasteiger partial charge < -0.3 is 15.3 Å². The summed E-state index contributed by atoms with van der Waals surface area (Å²) < 4.78 is 1.82. The van der Waals surface area contributed by atoms with Crippen molar-refractivity contribution in [2.45, 2.75) is 37.8 Å². The van der Waals surface area contributed by atoms with Crippen LogP contribution >= 0.6 is 0 Å². The van der Waals surface area contributed by atoms with Gasteiger partial charge in [-0.05, 0) is 38.8 Å². The quantitative estimate of drug-likeness (QED) is 0.800. The first-order chi connectivity index (χ1) is 9.79. The van der Waals surface area contributed by atoms with E-state index in [-0.39, 0.29) is 18.6 Å². The molecule has 2 saturated heterocycles. The monoisotopic (exact) mass is 279 g/mol. The molecule has 0 radical (unpaired) electrons. The van der Waals surface area contributed by atoms with Crippen LogP contribution in [0.3, 0.4) is 0 Å². The summed E-state index contributed by atoms with van der Waals surface area (Å²) in [4.78, 5) is 14.1. The van der Waals surface area contributed by atoms with Crippen molar-refractivity contribution in [3.05, 3.63) is 11.9 Å². The van der Waals surface area contributed by atoms with Gasteiger partial charge >= 0.3 is 0 Å². The molecule has 3 rings (SSSR count). The van der Waals surface area contributed by atoms with Crippen LogP contribution in [0, 0.1) is 0 Å². The molecule has 20 heavy (non-hydrogen) atoms. The number of amides is 1. The molecule has 1 aromatic rings. The molecule has 0 spiro atoms. The average molecular weight is 279 g/mol. The Labute approximate surface area is 117 Å². The van der Waals surface area contributed by atoms with Crippen LogP contribution in [-0.4, -0.2) is 63.2 Å². The number of aliphatic hydroxyl groups is 1. The normalized spacial score (nSPS) is 24.2. The molecule has 0 saturated carbocycles. The Morgan fingerprint density at radius 3 is 2.95 bits per heavy atom. The Kier molecular flexibility index (Phi) is 3.98. The summed E-state index contributed by atoms with van der Waals surface area (Å²) in [7, 11) is 0. The second kappa shape index (κ2) is 5.88. The molecule has 1 atom stereocenters. The number of aliphatic hydroxyl groups excluding tert-OH is 1. The maximum Gasteiger partial charge on any atom is 0.276 e. The lowest BCUT2D eigenvalue weighted by Crippen LogP contribution is -2.37. The SMILES string of the molecule is O=C(c1cn(C2CCNCC2)nn1)N1CCCC1CO. The van der Waals surface area contributed by atoms with Gasteiger partial charge in [-0.1, -0.05) is 5.21 Å². The molecular formula is C13H21N5O2. The number of hydrogen-bond acceptors (Lipinski definition) is 5. The number of rotatable bonds is 3. The molecule has 2 fully saturated rings. The fourth-order valence-corrected chi connectivity index (χ4v) is 3.06. The molecule has 0 bridgehead atoms. The third-order valence-electron chi connectivity index (χ3n) is 4.26. The maximum absolute atomic E-state index is 12.4. The van der Waals surface area contributed by atoms with Crippen LogP contribution < -0.4 is 5.32 Å². The topological polar surface area (TPSA) is 83.3 Å². The van der Waals surface area contributed by atoms with Crippen molar-refractivity contribution in [2.75, 3.05) is 26.2 Å². The van der Waals surface area contributed by atoms with Gasteiger partial charge in [0.05, 0.1) is 24.9 Å². The van der Waals surface area contributed by atoms with Gasteiger partial charge in [0.15, 0.2) is 5.69 Å². The highest BCUT2D eigenvalue weighted by molar-refractivity contribution is 5.92. The van der Waals surface area contributed by atoms with Crippen molar-refractivity contribution in [1.82, 2.24) is 25.2 Å². The Balaban J connectivity index is 1.71. The van der Waals surface area contributed by atoms with Crippen LogP contribution in [-0.2, 0) is 0 Å². The number of carbonyl (C=O) groups is 1. The van der Waals surface area contributed by atoms with Gasteiger partial charge in [-0.3, -0.25) is 4.79 Å². The van der Waals surface area contributed by atoms with Gasteiger partial charge in [0.25, 0.3) is 5.91 Å². The third-order valence-corrected chi connectivity index (χ3v) is 4.26. The van der Waals surface area contributed by atoms with Crippen molar-refractivity contribution >= 4 is 5.91 Å². The standard InChI is InChI=1S/C13H21N5O2/c19-9-11-2-1-7-17(11)13(20)12-8-18(16-15-12)10-3-5-14-6-4-10/h8,10-11,14,19H,1-7,9H2. The number of nitrogens with one attached hydrogen (secondary N) is 1. The lowest BCUT2D eigenvalue weighted by atomic mass is 10.1. The van der Waals surface area contributed by atoms with E-state index in [0.29, 0.717) is 18.3 Å². The van der Waals surface area contributed by atoms with E-state index in [0.717, 1.165) is 38.8 Å². The van der Waals surface area contributed by atoms with Gasteiger partial charge in [-0.2, -0.15) is 0 Å². The van der Waals surface area contributed by atoms with E-state index >= 15 is 0 Å². The number of hydrogen-bond donors (Lipinski definition) is 2. The lowest BCUT2D eigenvalue weighted by molar-refractivity contribution is 0.0671. The molecule has 7 heteroatoms. The Hall–Kier alpha value is -1.47. The maximum atomic E-state index is 12.4. The van der Waals surface area contributed by atoms with Crippen LogP contribution in [0.5, 0.6) is 0 Å². The van der Waals surface area contributed by atoms with Crippen LogP contribution in [0.2, 0.25) is 0 Å². The minimum Gasteiger partial charge on any atom is -0.394 e. The van der Waals surface area contributed by atoms with E-state index in [1.807, 2.05) is 4.68 Å². The number of likely N-dealkylation sites (tertiary alicyclic amines) is 1. The molecule has 1 aromatic heterocycles. The zero-order chi connectivity index (χ0) is 13.9. The molecule has 0 aliphatic carbocycles. The number of nitrogens with zero attached hydrogens (tertiary/aromatic N) is 4. The molecule has 110 valence electrons. The minimum absolute atomic E-state index is 0.0220. The van der Waals surface area contributed by atoms with Crippen molar-refractivity contribution in [2.24, 2.45) is 0 Å². The van der Waals surface area contributed by atoms with Crippen molar-refractivity contribution < 1.29 is 9.90 Å². The molecule has 3 heterocycles. The smallest absolute Gasteiger partial charge is 0.276 e. The van der Waals surface area contributed by atoms with E-state index in [4.69, 9.17) is 0 Å². The summed E-state index contributed by atoms with van der Waals surface area (Å²) in [6.45, 7) is 2.68. The van der Waals surface area contributed by atoms with Crippen LogP contribution in [0.15, 0.2) is 6.20 Å². The molecule has 7 nitrogen and oxygen atoms in total. The molecular weight excluding hydrogens is 258 g/mol. The Bertz CT molecular complexity index is 469. The van der Waals surface area contributed by atoms with Gasteiger partial charge in [0.2, 0.25) is 0 Å². The predicted octanol–water partition coefficient (Wildman–Crippen LogP) is -0.200. The zero-order valence-electron chi connectivity index (χ0n) is 11.5. The fourth-order valence-electron chi connectivity index (χ4n) is 3.06. The van der Waals surface area contributed by atoms with Gasteiger partial charge in [0.1, 0.15) is 0 Å². The number of aromatic nitrogens is 3. The fraction of sp³-hybridized carbons (Fsp3) is 0.769. The second-order valence-electron chi connectivity index (χ2n) is 5.54. The van der Waals surface area contributed by atoms with Crippen LogP contribution in [0.4, 0.5) is 0 Å². The highest BCUT2D eigenvalue weighted by Crippen LogP contribution is 2.21. The molecule has 2 N–H and O–H groups in total. The molecule has 1 amide bonds. The first kappa shape index (κ1) is 13.5. The highest BCUT2D eigenvalue weighted by Gasteiger charge is 2.30. The van der Waals surface area contributed by atoms with Crippen LogP contribution in [0.25, 0.3) is 0 Å². The van der Waals surface area contributed by atoms with E-state index in [2.05, 4.69) is 15.6 Å². The summed E-state index contributed by atoms with van der Waals surface area (Å²) in [6.07, 6.45) is 5.59. The van der Waals surface area contributed by atoms with E-state index in [1.54, 1.807) is 11.1 Å². The predicted molar refractivity (Wildman–Crippen MR) is 72.3 cm³/mol. The second-order valence-corrected chi connectivity index (χ2v) is 5.54. The van der Waals surface area contributed by atoms with Crippen molar-refractivity contribution in [1.29, 1.82) is 0 Å². The van der Waals surface area contributed by atoms with Gasteiger partial charge in [-0.25, -0.2) is 4.68 Å². The summed E-state index contributed by atoms with van der Waals surface area (Å²) in [5.41, 5.74) is 0.392. The third kappa shape index (κ3) is 2.55. The summed E-state index contributed by atoms with van der Waals surface area (Å²) in [5.74, 6) is -0.110. The Morgan fingerprint density at radius 2 is 2.20 bits per heavy atom. The summed E-state index contributed by atoms with van der Waals surface area (Å²) in [5, 5.41) is 20.7. The highest BCUT2D eigenvalue weighted by atomic mass is 16.3. The molecule has 2 aliphatic heterocycles. The Morgan fingerprint density at radius 1 is 1.40 bits per heavy atom. The molecule has 0 aromatic carbocycles. The average Bonchev–Trinajstić information content (AvgIpc) is 3.16. The largest absolute Gasteiger partial charge is 0.394 e. The van der Waals surface area contributed by atoms with Crippen molar-refractivity contribution in [3.63, 3.8) is 0 Å². The number of carbonyl (C=O) groups excluding carboxylic acids is 1. The first-order valence-corrected chi connectivity index (χ1v) is 7.34. The molecule has 2 aliphatic rings. The van der Waals surface area contributed by atoms with Crippen LogP contribution in [0.1, 0.15) is 42.2 Å². The first-order valence-electron chi connectivity index (χ1n) is 7.34. The minimum atomic E-state index is -0.110. The van der Waals surface area contributed by atoms with E-state index in [9.17, 15) is 9.90 Å². The van der Waals surface area contributed by atoms with E-state index in [1.165, 1.54) is 0 Å². The van der Waals surface area contributed by atoms with Gasteiger partial charge in [0, 0.05) is 6.54 Å². The zero-order valence-corrected chi connectivity index (χ0v) is 11.5. The number of piperidine rings is 1. The van der Waals surface area contributed by atoms with Crippen molar-refractivity contribution in [3.8, 4) is 0 Å². The van der Waals surface area contributed by atoms with E-state index < -0.39 is 0 Å². The lowest BCUT2D eigenvalue weighted by Gasteiger charge is -2.22.